The van der Waals surface area contributed by atoms with Crippen LogP contribution >= 0.6 is 23.2 Å². The van der Waals surface area contributed by atoms with Crippen molar-refractivity contribution in [3.8, 4) is 28.4 Å². The van der Waals surface area contributed by atoms with Crippen LogP contribution in [0.4, 0.5) is 0 Å². The number of aryl methyl sites for hydroxylation is 2. The monoisotopic (exact) mass is 520 g/mol. The Morgan fingerprint density at radius 3 is 2.71 bits per heavy atom. The third-order valence-electron chi connectivity index (χ3n) is 6.01. The second-order valence-electron chi connectivity index (χ2n) is 8.97. The molecule has 2 N–H and O–H groups in total. The van der Waals surface area contributed by atoms with Crippen LogP contribution in [0.15, 0.2) is 22.7 Å². The van der Waals surface area contributed by atoms with Gasteiger partial charge in [-0.2, -0.15) is 0 Å². The predicted molar refractivity (Wildman–Crippen MR) is 135 cm³/mol. The normalized spacial score (nSPS) is 18.7. The third-order valence-corrected chi connectivity index (χ3v) is 6.74. The smallest absolute Gasteiger partial charge is 0.161 e. The van der Waals surface area contributed by atoms with Crippen LogP contribution in [-0.4, -0.2) is 59.2 Å². The summed E-state index contributed by atoms with van der Waals surface area (Å²) in [6.45, 7) is 6.98. The van der Waals surface area contributed by atoms with Crippen molar-refractivity contribution in [3.63, 3.8) is 0 Å². The van der Waals surface area contributed by atoms with Crippen LogP contribution in [0.25, 0.3) is 22.6 Å². The van der Waals surface area contributed by atoms with Gasteiger partial charge in [0.05, 0.1) is 45.4 Å². The minimum Gasteiger partial charge on any atom is -0.491 e. The van der Waals surface area contributed by atoms with Gasteiger partial charge >= 0.3 is 0 Å². The van der Waals surface area contributed by atoms with E-state index in [1.54, 1.807) is 25.2 Å². The number of hydrogen-bond donors (Lipinski definition) is 2. The topological polar surface area (TPSA) is 103 Å². The van der Waals surface area contributed by atoms with Crippen LogP contribution in [0.1, 0.15) is 30.5 Å². The zero-order valence-electron chi connectivity index (χ0n) is 20.3. The fourth-order valence-corrected chi connectivity index (χ4v) is 4.77. The minimum atomic E-state index is -0.639. The SMILES string of the molecule is CNC[C@@H](O)COc1ccc(Cl)c(-c2nc(C[C@@H]3CO[C@@H](C)C3)c(Cl)c(-c3c(C)noc3C)n2)c1. The molecule has 188 valence electrons. The standard InChI is InChI=1S/C25H30Cl2N4O4/c1-13-7-16(11-33-13)8-21-23(27)24(22-14(2)31-35-15(22)3)30-25(29-21)19-9-18(5-6-20(19)26)34-12-17(32)10-28-4/h5-6,9,13,16-17,28,32H,7-8,10-12H2,1-4H3/t13-,16+,17+/m0/s1. The zero-order valence-corrected chi connectivity index (χ0v) is 21.8. The van der Waals surface area contributed by atoms with Crippen molar-refractivity contribution < 1.29 is 19.1 Å². The van der Waals surface area contributed by atoms with Gasteiger partial charge in [0.2, 0.25) is 0 Å². The van der Waals surface area contributed by atoms with E-state index in [9.17, 15) is 5.11 Å². The van der Waals surface area contributed by atoms with Crippen molar-refractivity contribution in [1.29, 1.82) is 0 Å². The molecule has 8 nitrogen and oxygen atoms in total. The van der Waals surface area contributed by atoms with Gasteiger partial charge in [0, 0.05) is 12.1 Å². The first-order valence-electron chi connectivity index (χ1n) is 11.6. The van der Waals surface area contributed by atoms with Crippen molar-refractivity contribution >= 4 is 23.2 Å². The minimum absolute atomic E-state index is 0.138. The number of hydrogen-bond acceptors (Lipinski definition) is 8. The summed E-state index contributed by atoms with van der Waals surface area (Å²) in [6, 6.07) is 5.26. The van der Waals surface area contributed by atoms with E-state index in [2.05, 4.69) is 17.4 Å². The molecule has 0 spiro atoms. The van der Waals surface area contributed by atoms with Crippen LogP contribution in [0.2, 0.25) is 10.0 Å². The van der Waals surface area contributed by atoms with E-state index in [0.717, 1.165) is 17.7 Å². The molecule has 1 aliphatic heterocycles. The summed E-state index contributed by atoms with van der Waals surface area (Å²) in [5.74, 6) is 1.91. The van der Waals surface area contributed by atoms with Gasteiger partial charge in [-0.3, -0.25) is 0 Å². The number of nitrogens with zero attached hydrogens (tertiary/aromatic N) is 3. The summed E-state index contributed by atoms with van der Waals surface area (Å²) in [6.07, 6.45) is 1.16. The van der Waals surface area contributed by atoms with Gasteiger partial charge in [-0.05, 0) is 64.8 Å². The van der Waals surface area contributed by atoms with Crippen LogP contribution in [-0.2, 0) is 11.2 Å². The van der Waals surface area contributed by atoms with E-state index in [-0.39, 0.29) is 12.7 Å². The number of aliphatic hydroxyl groups excluding tert-OH is 1. The number of aromatic nitrogens is 3. The molecule has 1 saturated heterocycles. The average Bonchev–Trinajstić information content (AvgIpc) is 3.39. The Morgan fingerprint density at radius 1 is 1.26 bits per heavy atom. The number of likely N-dealkylation sites (N-methyl/N-ethyl adjacent to an activating group) is 1. The molecule has 3 aromatic rings. The summed E-state index contributed by atoms with van der Waals surface area (Å²) in [4.78, 5) is 9.65. The number of nitrogens with one attached hydrogen (secondary N) is 1. The maximum Gasteiger partial charge on any atom is 0.161 e. The predicted octanol–water partition coefficient (Wildman–Crippen LogP) is 4.65. The lowest BCUT2D eigenvalue weighted by atomic mass is 9.98. The second-order valence-corrected chi connectivity index (χ2v) is 9.75. The molecule has 3 heterocycles. The summed E-state index contributed by atoms with van der Waals surface area (Å²) < 4.78 is 16.9. The second kappa shape index (κ2) is 11.2. The molecule has 1 aliphatic rings. The highest BCUT2D eigenvalue weighted by molar-refractivity contribution is 6.34. The number of ether oxygens (including phenoxy) is 2. The van der Waals surface area contributed by atoms with Crippen molar-refractivity contribution in [3.05, 3.63) is 45.4 Å². The summed E-state index contributed by atoms with van der Waals surface area (Å²) in [5.41, 5.74) is 3.33. The first-order chi connectivity index (χ1) is 16.8. The fraction of sp³-hybridized carbons (Fsp3) is 0.480. The molecule has 3 atom stereocenters. The molecule has 1 fully saturated rings. The van der Waals surface area contributed by atoms with Crippen LogP contribution in [0, 0.1) is 19.8 Å². The Kier molecular flexibility index (Phi) is 8.29. The largest absolute Gasteiger partial charge is 0.491 e. The quantitative estimate of drug-likeness (QED) is 0.420. The summed E-state index contributed by atoms with van der Waals surface area (Å²) >= 11 is 13.5. The molecule has 1 aromatic carbocycles. The van der Waals surface area contributed by atoms with Gasteiger partial charge in [-0.1, -0.05) is 28.4 Å². The average molecular weight is 521 g/mol. The van der Waals surface area contributed by atoms with E-state index in [4.69, 9.17) is 47.2 Å². The zero-order chi connectivity index (χ0) is 25.1. The van der Waals surface area contributed by atoms with Gasteiger partial charge in [0.1, 0.15) is 24.2 Å². The van der Waals surface area contributed by atoms with Gasteiger partial charge in [0.25, 0.3) is 0 Å². The summed E-state index contributed by atoms with van der Waals surface area (Å²) in [5, 5.41) is 17.9. The van der Waals surface area contributed by atoms with Crippen LogP contribution < -0.4 is 10.1 Å². The van der Waals surface area contributed by atoms with Gasteiger partial charge < -0.3 is 24.4 Å². The number of benzene rings is 1. The van der Waals surface area contributed by atoms with Crippen LogP contribution in [0.5, 0.6) is 5.75 Å². The molecule has 10 heteroatoms. The fourth-order valence-electron chi connectivity index (χ4n) is 4.31. The van der Waals surface area contributed by atoms with Gasteiger partial charge in [-0.15, -0.1) is 0 Å². The molecular weight excluding hydrogens is 491 g/mol. The highest BCUT2D eigenvalue weighted by atomic mass is 35.5. The van der Waals surface area contributed by atoms with Crippen molar-refractivity contribution in [2.75, 3.05) is 26.8 Å². The Balaban J connectivity index is 1.76. The molecule has 2 aromatic heterocycles. The first kappa shape index (κ1) is 25.9. The van der Waals surface area contributed by atoms with E-state index in [1.807, 2.05) is 13.8 Å². The van der Waals surface area contributed by atoms with Crippen molar-refractivity contribution in [2.24, 2.45) is 5.92 Å². The van der Waals surface area contributed by atoms with Gasteiger partial charge in [0.15, 0.2) is 5.82 Å². The third kappa shape index (κ3) is 5.95. The van der Waals surface area contributed by atoms with E-state index in [0.29, 0.717) is 69.8 Å². The van der Waals surface area contributed by atoms with E-state index in [1.165, 1.54) is 0 Å². The molecule has 0 amide bonds. The van der Waals surface area contributed by atoms with Crippen LogP contribution in [0.3, 0.4) is 0 Å². The first-order valence-corrected chi connectivity index (χ1v) is 12.4. The highest BCUT2D eigenvalue weighted by Gasteiger charge is 2.27. The Hall–Kier alpha value is -2.23. The van der Waals surface area contributed by atoms with Gasteiger partial charge in [-0.25, -0.2) is 9.97 Å². The molecule has 0 bridgehead atoms. The number of aliphatic hydroxyl groups is 1. The lowest BCUT2D eigenvalue weighted by Crippen LogP contribution is -2.29. The lowest BCUT2D eigenvalue weighted by Gasteiger charge is -2.16. The molecule has 0 radical (unpaired) electrons. The Bertz CT molecular complexity index is 1170. The maximum atomic E-state index is 9.99. The molecule has 0 unspecified atom stereocenters. The molecule has 0 aliphatic carbocycles. The maximum absolute atomic E-state index is 9.99. The molecule has 4 rings (SSSR count). The molecular formula is C25H30Cl2N4O4. The number of rotatable bonds is 9. The Morgan fingerprint density at radius 2 is 2.06 bits per heavy atom. The lowest BCUT2D eigenvalue weighted by molar-refractivity contribution is 0.108. The van der Waals surface area contributed by atoms with E-state index < -0.39 is 6.10 Å². The van der Waals surface area contributed by atoms with E-state index >= 15 is 0 Å². The summed E-state index contributed by atoms with van der Waals surface area (Å²) in [7, 11) is 1.77. The Labute approximate surface area is 215 Å². The van der Waals surface area contributed by atoms with Crippen molar-refractivity contribution in [1.82, 2.24) is 20.4 Å². The molecule has 0 saturated carbocycles. The highest BCUT2D eigenvalue weighted by Crippen LogP contribution is 2.38. The number of halogens is 2. The molecule has 35 heavy (non-hydrogen) atoms. The van der Waals surface area contributed by atoms with Crippen molar-refractivity contribution in [2.45, 2.75) is 45.8 Å².